The topological polar surface area (TPSA) is 34.1 Å². The minimum absolute atomic E-state index is 0.174. The molecule has 0 bridgehead atoms. The number of hydrogen-bond donors (Lipinski definition) is 0. The summed E-state index contributed by atoms with van der Waals surface area (Å²) in [6, 6.07) is 5.96. The molecule has 0 N–H and O–H groups in total. The molecule has 1 aromatic rings. The van der Waals surface area contributed by atoms with Crippen LogP contribution < -0.4 is 0 Å². The summed E-state index contributed by atoms with van der Waals surface area (Å²) in [4.78, 5) is 22.3. The Bertz CT molecular complexity index is 371. The molecule has 0 fully saturated rings. The minimum atomic E-state index is -0.646. The molecule has 15 heavy (non-hydrogen) atoms. The van der Waals surface area contributed by atoms with E-state index in [2.05, 4.69) is 0 Å². The third kappa shape index (κ3) is 3.27. The third-order valence-electron chi connectivity index (χ3n) is 2.31. The third-order valence-corrected chi connectivity index (χ3v) is 2.31. The van der Waals surface area contributed by atoms with Crippen LogP contribution in [0.5, 0.6) is 0 Å². The molecule has 0 aliphatic rings. The van der Waals surface area contributed by atoms with E-state index in [4.69, 9.17) is 0 Å². The lowest BCUT2D eigenvalue weighted by Gasteiger charge is -2.09. The smallest absolute Gasteiger partial charge is 0.140 e. The summed E-state index contributed by atoms with van der Waals surface area (Å²) < 4.78 is 12.8. The fourth-order valence-corrected chi connectivity index (χ4v) is 1.47. The van der Waals surface area contributed by atoms with Crippen molar-refractivity contribution >= 4 is 11.6 Å². The molecule has 0 atom stereocenters. The first-order chi connectivity index (χ1) is 7.00. The monoisotopic (exact) mass is 208 g/mol. The number of carbonyl (C=O) groups excluding carboxylic acids is 2. The van der Waals surface area contributed by atoms with Crippen molar-refractivity contribution < 1.29 is 14.0 Å². The highest BCUT2D eigenvalue weighted by Crippen LogP contribution is 2.12. The van der Waals surface area contributed by atoms with Gasteiger partial charge in [-0.05, 0) is 38.0 Å². The summed E-state index contributed by atoms with van der Waals surface area (Å²) in [5.41, 5.74) is 0.672. The van der Waals surface area contributed by atoms with Crippen LogP contribution in [0.4, 0.5) is 4.39 Å². The van der Waals surface area contributed by atoms with Crippen LogP contribution in [0.1, 0.15) is 19.4 Å². The summed E-state index contributed by atoms with van der Waals surface area (Å²) in [7, 11) is 0. The van der Waals surface area contributed by atoms with Crippen LogP contribution in [-0.2, 0) is 16.0 Å². The van der Waals surface area contributed by atoms with E-state index in [0.29, 0.717) is 5.56 Å². The van der Waals surface area contributed by atoms with E-state index in [1.165, 1.54) is 26.0 Å². The standard InChI is InChI=1S/C12H13FO2/c1-8(14)12(9(2)15)7-10-4-3-5-11(13)6-10/h3-6,12H,7H2,1-2H3. The van der Waals surface area contributed by atoms with E-state index in [-0.39, 0.29) is 23.8 Å². The van der Waals surface area contributed by atoms with Gasteiger partial charge >= 0.3 is 0 Å². The Labute approximate surface area is 88.1 Å². The summed E-state index contributed by atoms with van der Waals surface area (Å²) in [5, 5.41) is 0. The zero-order valence-electron chi connectivity index (χ0n) is 8.79. The van der Waals surface area contributed by atoms with E-state index in [1.54, 1.807) is 12.1 Å². The quantitative estimate of drug-likeness (QED) is 0.710. The Hall–Kier alpha value is -1.51. The van der Waals surface area contributed by atoms with Gasteiger partial charge in [-0.15, -0.1) is 0 Å². The van der Waals surface area contributed by atoms with Crippen LogP contribution in [0.25, 0.3) is 0 Å². The molecule has 0 aliphatic heterocycles. The first-order valence-electron chi connectivity index (χ1n) is 4.76. The second-order valence-electron chi connectivity index (χ2n) is 3.61. The number of rotatable bonds is 4. The second kappa shape index (κ2) is 4.82. The Kier molecular flexibility index (Phi) is 3.72. The average molecular weight is 208 g/mol. The normalized spacial score (nSPS) is 10.4. The molecule has 0 aliphatic carbocycles. The maximum Gasteiger partial charge on any atom is 0.140 e. The number of hydrogen-bond acceptors (Lipinski definition) is 2. The van der Waals surface area contributed by atoms with E-state index in [1.807, 2.05) is 0 Å². The lowest BCUT2D eigenvalue weighted by Crippen LogP contribution is -2.21. The van der Waals surface area contributed by atoms with Crippen LogP contribution in [0.2, 0.25) is 0 Å². The molecule has 80 valence electrons. The van der Waals surface area contributed by atoms with Gasteiger partial charge in [0.1, 0.15) is 17.4 Å². The number of carbonyl (C=O) groups is 2. The average Bonchev–Trinajstić information content (AvgIpc) is 2.13. The van der Waals surface area contributed by atoms with Gasteiger partial charge in [-0.1, -0.05) is 12.1 Å². The zero-order chi connectivity index (χ0) is 11.4. The fraction of sp³-hybridized carbons (Fsp3) is 0.333. The molecule has 0 saturated heterocycles. The van der Waals surface area contributed by atoms with Gasteiger partial charge < -0.3 is 0 Å². The molecule has 0 spiro atoms. The van der Waals surface area contributed by atoms with E-state index in [0.717, 1.165) is 0 Å². The number of Topliss-reactive ketones (excluding diaryl/α,β-unsaturated/α-hetero) is 2. The van der Waals surface area contributed by atoms with E-state index in [9.17, 15) is 14.0 Å². The lowest BCUT2D eigenvalue weighted by atomic mass is 9.93. The van der Waals surface area contributed by atoms with Crippen molar-refractivity contribution in [1.82, 2.24) is 0 Å². The van der Waals surface area contributed by atoms with Crippen LogP contribution in [-0.4, -0.2) is 11.6 Å². The molecule has 0 saturated carbocycles. The molecule has 0 heterocycles. The Balaban J connectivity index is 2.83. The number of benzene rings is 1. The van der Waals surface area contributed by atoms with Gasteiger partial charge in [0.15, 0.2) is 0 Å². The summed E-state index contributed by atoms with van der Waals surface area (Å²) in [5.74, 6) is -1.34. The summed E-state index contributed by atoms with van der Waals surface area (Å²) in [6.45, 7) is 2.76. The molecular weight excluding hydrogens is 195 g/mol. The Morgan fingerprint density at radius 3 is 2.33 bits per heavy atom. The largest absolute Gasteiger partial charge is 0.299 e. The van der Waals surface area contributed by atoms with Gasteiger partial charge in [0.25, 0.3) is 0 Å². The van der Waals surface area contributed by atoms with E-state index < -0.39 is 5.92 Å². The Morgan fingerprint density at radius 1 is 1.27 bits per heavy atom. The predicted molar refractivity (Wildman–Crippen MR) is 55.0 cm³/mol. The van der Waals surface area contributed by atoms with Gasteiger partial charge in [-0.25, -0.2) is 4.39 Å². The molecule has 2 nitrogen and oxygen atoms in total. The van der Waals surface area contributed by atoms with E-state index >= 15 is 0 Å². The highest BCUT2D eigenvalue weighted by atomic mass is 19.1. The minimum Gasteiger partial charge on any atom is -0.299 e. The maximum absolute atomic E-state index is 12.8. The van der Waals surface area contributed by atoms with Crippen molar-refractivity contribution in [3.05, 3.63) is 35.6 Å². The maximum atomic E-state index is 12.8. The summed E-state index contributed by atoms with van der Waals surface area (Å²) in [6.07, 6.45) is 0.280. The van der Waals surface area contributed by atoms with Crippen molar-refractivity contribution in [2.24, 2.45) is 5.92 Å². The van der Waals surface area contributed by atoms with Crippen molar-refractivity contribution in [3.8, 4) is 0 Å². The zero-order valence-corrected chi connectivity index (χ0v) is 8.79. The van der Waals surface area contributed by atoms with Crippen molar-refractivity contribution in [2.75, 3.05) is 0 Å². The number of ketones is 2. The van der Waals surface area contributed by atoms with Crippen molar-refractivity contribution in [1.29, 1.82) is 0 Å². The molecule has 0 radical (unpaired) electrons. The first-order valence-corrected chi connectivity index (χ1v) is 4.76. The fourth-order valence-electron chi connectivity index (χ4n) is 1.47. The molecule has 3 heteroatoms. The lowest BCUT2D eigenvalue weighted by molar-refractivity contribution is -0.130. The van der Waals surface area contributed by atoms with Gasteiger partial charge in [0, 0.05) is 0 Å². The first kappa shape index (κ1) is 11.6. The molecule has 0 amide bonds. The van der Waals surface area contributed by atoms with Crippen molar-refractivity contribution in [2.45, 2.75) is 20.3 Å². The SMILES string of the molecule is CC(=O)C(Cc1cccc(F)c1)C(C)=O. The highest BCUT2D eigenvalue weighted by Gasteiger charge is 2.19. The second-order valence-corrected chi connectivity index (χ2v) is 3.61. The van der Waals surface area contributed by atoms with Crippen LogP contribution in [0, 0.1) is 11.7 Å². The van der Waals surface area contributed by atoms with Gasteiger partial charge in [-0.2, -0.15) is 0 Å². The van der Waals surface area contributed by atoms with Gasteiger partial charge in [0.2, 0.25) is 0 Å². The molecule has 1 aromatic carbocycles. The highest BCUT2D eigenvalue weighted by molar-refractivity contribution is 6.00. The number of halogens is 1. The van der Waals surface area contributed by atoms with Crippen molar-refractivity contribution in [3.63, 3.8) is 0 Å². The molecule has 1 rings (SSSR count). The van der Waals surface area contributed by atoms with Crippen LogP contribution in [0.15, 0.2) is 24.3 Å². The van der Waals surface area contributed by atoms with Gasteiger partial charge in [-0.3, -0.25) is 9.59 Å². The molecular formula is C12H13FO2. The molecule has 0 aromatic heterocycles. The van der Waals surface area contributed by atoms with Crippen LogP contribution >= 0.6 is 0 Å². The summed E-state index contributed by atoms with van der Waals surface area (Å²) >= 11 is 0. The van der Waals surface area contributed by atoms with Gasteiger partial charge in [0.05, 0.1) is 5.92 Å². The van der Waals surface area contributed by atoms with Crippen LogP contribution in [0.3, 0.4) is 0 Å². The molecule has 0 unspecified atom stereocenters. The predicted octanol–water partition coefficient (Wildman–Crippen LogP) is 2.16. The Morgan fingerprint density at radius 2 is 1.87 bits per heavy atom.